The van der Waals surface area contributed by atoms with Crippen molar-refractivity contribution in [2.45, 2.75) is 32.6 Å². The first-order valence-corrected chi connectivity index (χ1v) is 8.36. The Bertz CT molecular complexity index is 793. The lowest BCUT2D eigenvalue weighted by molar-refractivity contribution is -0.146. The van der Waals surface area contributed by atoms with E-state index in [4.69, 9.17) is 9.97 Å². The second kappa shape index (κ2) is 5.54. The van der Waals surface area contributed by atoms with Crippen LogP contribution in [-0.4, -0.2) is 39.1 Å². The van der Waals surface area contributed by atoms with E-state index < -0.39 is 11.4 Å². The maximum absolute atomic E-state index is 11.6. The highest BCUT2D eigenvalue weighted by molar-refractivity contribution is 5.76. The Balaban J connectivity index is 1.76. The maximum Gasteiger partial charge on any atom is 0.311 e. The van der Waals surface area contributed by atoms with Crippen molar-refractivity contribution >= 4 is 11.8 Å². The first-order chi connectivity index (χ1) is 11.6. The lowest BCUT2D eigenvalue weighted by Gasteiger charge is -2.23. The Labute approximate surface area is 140 Å². The molecule has 6 nitrogen and oxygen atoms in total. The number of carbonyl (C=O) groups is 1. The SMILES string of the molecule is CC1(C(=O)O)CCN(c2nc(-c3ccccn3)nc3c2CCC3)C1. The van der Waals surface area contributed by atoms with Gasteiger partial charge in [-0.25, -0.2) is 9.97 Å². The van der Waals surface area contributed by atoms with Crippen LogP contribution in [0.25, 0.3) is 11.5 Å². The average Bonchev–Trinajstić information content (AvgIpc) is 3.22. The van der Waals surface area contributed by atoms with Gasteiger partial charge in [-0.05, 0) is 44.7 Å². The number of fused-ring (bicyclic) bond motifs is 1. The summed E-state index contributed by atoms with van der Waals surface area (Å²) in [5.74, 6) is 0.805. The number of nitrogens with zero attached hydrogens (tertiary/aromatic N) is 4. The summed E-state index contributed by atoms with van der Waals surface area (Å²) in [6.07, 6.45) is 5.37. The lowest BCUT2D eigenvalue weighted by atomic mass is 9.90. The van der Waals surface area contributed by atoms with E-state index in [1.807, 2.05) is 25.1 Å². The molecule has 2 aromatic rings. The minimum absolute atomic E-state index is 0.493. The van der Waals surface area contributed by atoms with Crippen LogP contribution in [0.2, 0.25) is 0 Å². The molecule has 0 bridgehead atoms. The van der Waals surface area contributed by atoms with E-state index in [0.29, 0.717) is 25.3 Å². The van der Waals surface area contributed by atoms with Crippen molar-refractivity contribution in [2.24, 2.45) is 5.41 Å². The number of aryl methyl sites for hydroxylation is 1. The highest BCUT2D eigenvalue weighted by Crippen LogP contribution is 2.37. The van der Waals surface area contributed by atoms with Crippen molar-refractivity contribution in [1.82, 2.24) is 15.0 Å². The first kappa shape index (κ1) is 15.1. The third-order valence-corrected chi connectivity index (χ3v) is 5.09. The number of hydrogen-bond donors (Lipinski definition) is 1. The molecular weight excluding hydrogens is 304 g/mol. The maximum atomic E-state index is 11.6. The van der Waals surface area contributed by atoms with Gasteiger partial charge in [0.05, 0.1) is 5.41 Å². The van der Waals surface area contributed by atoms with Gasteiger partial charge in [0.15, 0.2) is 5.82 Å². The number of aliphatic carboxylic acids is 1. The Morgan fingerprint density at radius 2 is 2.17 bits per heavy atom. The van der Waals surface area contributed by atoms with Crippen LogP contribution in [0.15, 0.2) is 24.4 Å². The molecule has 124 valence electrons. The van der Waals surface area contributed by atoms with E-state index in [-0.39, 0.29) is 0 Å². The molecule has 0 spiro atoms. The minimum Gasteiger partial charge on any atom is -0.481 e. The van der Waals surface area contributed by atoms with E-state index in [1.165, 1.54) is 5.56 Å². The number of carboxylic acids is 1. The highest BCUT2D eigenvalue weighted by atomic mass is 16.4. The molecule has 3 heterocycles. The van der Waals surface area contributed by atoms with E-state index in [9.17, 15) is 9.90 Å². The molecule has 1 fully saturated rings. The molecule has 1 unspecified atom stereocenters. The standard InChI is InChI=1S/C18H20N4O2/c1-18(17(23)24)8-10-22(11-18)16-12-5-4-7-13(12)20-15(21-16)14-6-2-3-9-19-14/h2-3,6,9H,4-5,7-8,10-11H2,1H3,(H,23,24). The average molecular weight is 324 g/mol. The van der Waals surface area contributed by atoms with Gasteiger partial charge in [-0.3, -0.25) is 9.78 Å². The minimum atomic E-state index is -0.736. The summed E-state index contributed by atoms with van der Waals surface area (Å²) in [5.41, 5.74) is 2.32. The molecule has 1 aliphatic heterocycles. The van der Waals surface area contributed by atoms with E-state index in [2.05, 4.69) is 9.88 Å². The van der Waals surface area contributed by atoms with Crippen LogP contribution in [0, 0.1) is 5.41 Å². The van der Waals surface area contributed by atoms with Crippen molar-refractivity contribution in [3.63, 3.8) is 0 Å². The van der Waals surface area contributed by atoms with Gasteiger partial charge >= 0.3 is 5.97 Å². The third-order valence-electron chi connectivity index (χ3n) is 5.09. The Morgan fingerprint density at radius 3 is 2.88 bits per heavy atom. The van der Waals surface area contributed by atoms with Gasteiger partial charge in [0.1, 0.15) is 11.5 Å². The third kappa shape index (κ3) is 2.42. The van der Waals surface area contributed by atoms with Crippen molar-refractivity contribution < 1.29 is 9.90 Å². The number of pyridine rings is 1. The van der Waals surface area contributed by atoms with Crippen LogP contribution in [-0.2, 0) is 17.6 Å². The molecule has 1 aliphatic carbocycles. The van der Waals surface area contributed by atoms with Crippen molar-refractivity contribution in [3.8, 4) is 11.5 Å². The summed E-state index contributed by atoms with van der Waals surface area (Å²) in [4.78, 5) is 27.5. The van der Waals surface area contributed by atoms with Crippen LogP contribution in [0.1, 0.15) is 31.0 Å². The Kier molecular flexibility index (Phi) is 3.48. The second-order valence-corrected chi connectivity index (χ2v) is 6.90. The van der Waals surface area contributed by atoms with Crippen LogP contribution in [0.4, 0.5) is 5.82 Å². The van der Waals surface area contributed by atoms with Crippen LogP contribution in [0.5, 0.6) is 0 Å². The summed E-state index contributed by atoms with van der Waals surface area (Å²) in [6.45, 7) is 3.03. The van der Waals surface area contributed by atoms with Gasteiger partial charge in [0.2, 0.25) is 0 Å². The zero-order chi connectivity index (χ0) is 16.7. The zero-order valence-corrected chi connectivity index (χ0v) is 13.7. The first-order valence-electron chi connectivity index (χ1n) is 8.36. The van der Waals surface area contributed by atoms with Gasteiger partial charge in [0.25, 0.3) is 0 Å². The zero-order valence-electron chi connectivity index (χ0n) is 13.7. The molecule has 1 N–H and O–H groups in total. The summed E-state index contributed by atoms with van der Waals surface area (Å²) in [7, 11) is 0. The fourth-order valence-electron chi connectivity index (χ4n) is 3.60. The van der Waals surface area contributed by atoms with Gasteiger partial charge in [-0.1, -0.05) is 6.07 Å². The van der Waals surface area contributed by atoms with E-state index in [0.717, 1.165) is 36.5 Å². The number of carboxylic acid groups (broad SMARTS) is 1. The fraction of sp³-hybridized carbons (Fsp3) is 0.444. The predicted molar refractivity (Wildman–Crippen MR) is 89.9 cm³/mol. The quantitative estimate of drug-likeness (QED) is 0.933. The van der Waals surface area contributed by atoms with Crippen LogP contribution in [0.3, 0.4) is 0 Å². The van der Waals surface area contributed by atoms with Crippen LogP contribution < -0.4 is 4.90 Å². The van der Waals surface area contributed by atoms with Crippen molar-refractivity contribution in [3.05, 3.63) is 35.7 Å². The van der Waals surface area contributed by atoms with E-state index >= 15 is 0 Å². The summed E-state index contributed by atoms with van der Waals surface area (Å²) >= 11 is 0. The molecule has 1 saturated heterocycles. The number of anilines is 1. The largest absolute Gasteiger partial charge is 0.481 e. The van der Waals surface area contributed by atoms with Gasteiger partial charge in [-0.2, -0.15) is 0 Å². The number of aromatic nitrogens is 3. The number of rotatable bonds is 3. The van der Waals surface area contributed by atoms with Crippen molar-refractivity contribution in [1.29, 1.82) is 0 Å². The monoisotopic (exact) mass is 324 g/mol. The smallest absolute Gasteiger partial charge is 0.311 e. The van der Waals surface area contributed by atoms with Gasteiger partial charge < -0.3 is 10.0 Å². The Hall–Kier alpha value is -2.50. The van der Waals surface area contributed by atoms with E-state index in [1.54, 1.807) is 6.20 Å². The van der Waals surface area contributed by atoms with Crippen LogP contribution >= 0.6 is 0 Å². The lowest BCUT2D eigenvalue weighted by Crippen LogP contribution is -2.32. The summed E-state index contributed by atoms with van der Waals surface area (Å²) < 4.78 is 0. The molecular formula is C18H20N4O2. The molecule has 4 rings (SSSR count). The molecule has 1 atom stereocenters. The predicted octanol–water partition coefficient (Wildman–Crippen LogP) is 2.33. The second-order valence-electron chi connectivity index (χ2n) is 6.90. The van der Waals surface area contributed by atoms with Gasteiger partial charge in [-0.15, -0.1) is 0 Å². The molecule has 0 saturated carbocycles. The highest BCUT2D eigenvalue weighted by Gasteiger charge is 2.42. The molecule has 24 heavy (non-hydrogen) atoms. The number of hydrogen-bond acceptors (Lipinski definition) is 5. The molecule has 2 aliphatic rings. The Morgan fingerprint density at radius 1 is 1.29 bits per heavy atom. The van der Waals surface area contributed by atoms with Crippen molar-refractivity contribution in [2.75, 3.05) is 18.0 Å². The summed E-state index contributed by atoms with van der Waals surface area (Å²) in [6, 6.07) is 5.71. The van der Waals surface area contributed by atoms with Gasteiger partial charge in [0, 0.05) is 30.5 Å². The molecule has 0 aromatic carbocycles. The molecule has 6 heteroatoms. The molecule has 0 radical (unpaired) electrons. The fourth-order valence-corrected chi connectivity index (χ4v) is 3.60. The summed E-state index contributed by atoms with van der Waals surface area (Å²) in [5, 5.41) is 9.49. The topological polar surface area (TPSA) is 79.2 Å². The molecule has 2 aromatic heterocycles. The normalized spacial score (nSPS) is 22.6. The molecule has 0 amide bonds.